The summed E-state index contributed by atoms with van der Waals surface area (Å²) in [4.78, 5) is 9.18. The molecule has 0 radical (unpaired) electrons. The van der Waals surface area contributed by atoms with Gasteiger partial charge in [0, 0.05) is 12.0 Å². The summed E-state index contributed by atoms with van der Waals surface area (Å²) in [6.07, 6.45) is 7.87. The second-order valence-electron chi connectivity index (χ2n) is 5.42. The molecule has 0 aromatic carbocycles. The van der Waals surface area contributed by atoms with Gasteiger partial charge in [-0.2, -0.15) is 4.98 Å². The zero-order chi connectivity index (χ0) is 14.5. The molecule has 5 nitrogen and oxygen atoms in total. The number of hydrogen-bond donors (Lipinski definition) is 1. The van der Waals surface area contributed by atoms with Crippen LogP contribution in [-0.4, -0.2) is 17.1 Å². The number of anilines is 1. The summed E-state index contributed by atoms with van der Waals surface area (Å²) >= 11 is 0. The number of furan rings is 1. The third-order valence-electron chi connectivity index (χ3n) is 3.92. The highest BCUT2D eigenvalue weighted by Crippen LogP contribution is 2.32. The molecule has 0 saturated heterocycles. The van der Waals surface area contributed by atoms with Crippen molar-refractivity contribution in [1.82, 2.24) is 9.97 Å². The fourth-order valence-corrected chi connectivity index (χ4v) is 2.77. The van der Waals surface area contributed by atoms with E-state index in [9.17, 15) is 0 Å². The van der Waals surface area contributed by atoms with Crippen LogP contribution in [0.25, 0.3) is 0 Å². The molecule has 0 amide bonds. The Hall–Kier alpha value is -2.04. The van der Waals surface area contributed by atoms with Gasteiger partial charge in [0.2, 0.25) is 5.88 Å². The smallest absolute Gasteiger partial charge is 0.218 e. The summed E-state index contributed by atoms with van der Waals surface area (Å²) in [6.45, 7) is 0.608. The normalized spacial score (nSPS) is 15.9. The van der Waals surface area contributed by atoms with Crippen molar-refractivity contribution in [2.45, 2.75) is 44.6 Å². The van der Waals surface area contributed by atoms with Crippen molar-refractivity contribution in [2.24, 2.45) is 0 Å². The molecule has 1 N–H and O–H groups in total. The zero-order valence-corrected chi connectivity index (χ0v) is 12.3. The predicted molar refractivity (Wildman–Crippen MR) is 80.4 cm³/mol. The molecule has 1 aliphatic rings. The number of nitrogens with zero attached hydrogens (tertiary/aromatic N) is 2. The van der Waals surface area contributed by atoms with Crippen molar-refractivity contribution in [2.75, 3.05) is 12.4 Å². The molecule has 0 aliphatic heterocycles. The number of rotatable bonds is 5. The van der Waals surface area contributed by atoms with E-state index in [1.165, 1.54) is 32.1 Å². The third kappa shape index (κ3) is 3.54. The van der Waals surface area contributed by atoms with Gasteiger partial charge in [0.25, 0.3) is 0 Å². The summed E-state index contributed by atoms with van der Waals surface area (Å²) < 4.78 is 10.6. The quantitative estimate of drug-likeness (QED) is 0.907. The molecule has 112 valence electrons. The van der Waals surface area contributed by atoms with Gasteiger partial charge in [-0.1, -0.05) is 19.3 Å². The molecule has 5 heteroatoms. The Morgan fingerprint density at radius 3 is 2.86 bits per heavy atom. The van der Waals surface area contributed by atoms with E-state index in [1.807, 2.05) is 18.2 Å². The molecule has 1 fully saturated rings. The Morgan fingerprint density at radius 2 is 2.14 bits per heavy atom. The van der Waals surface area contributed by atoms with Crippen LogP contribution in [0, 0.1) is 0 Å². The molecule has 2 aromatic heterocycles. The standard InChI is InChI=1S/C16H21N3O2/c1-20-15-10-14(17-11-13-8-5-9-21-13)18-16(19-15)12-6-3-2-4-7-12/h5,8-10,12H,2-4,6-7,11H2,1H3,(H,17,18,19). The minimum absolute atomic E-state index is 0.456. The maximum absolute atomic E-state index is 5.32. The maximum atomic E-state index is 5.32. The van der Waals surface area contributed by atoms with Crippen LogP contribution in [0.2, 0.25) is 0 Å². The van der Waals surface area contributed by atoms with Crippen LogP contribution in [-0.2, 0) is 6.54 Å². The van der Waals surface area contributed by atoms with Crippen molar-refractivity contribution in [3.05, 3.63) is 36.0 Å². The summed E-state index contributed by atoms with van der Waals surface area (Å²) in [7, 11) is 1.64. The van der Waals surface area contributed by atoms with E-state index in [0.717, 1.165) is 17.4 Å². The van der Waals surface area contributed by atoms with Gasteiger partial charge in [0.1, 0.15) is 17.4 Å². The monoisotopic (exact) mass is 287 g/mol. The fraction of sp³-hybridized carbons (Fsp3) is 0.500. The average Bonchev–Trinajstić information content (AvgIpc) is 3.07. The molecule has 21 heavy (non-hydrogen) atoms. The van der Waals surface area contributed by atoms with E-state index in [-0.39, 0.29) is 0 Å². The lowest BCUT2D eigenvalue weighted by Gasteiger charge is -2.21. The van der Waals surface area contributed by atoms with Crippen molar-refractivity contribution in [1.29, 1.82) is 0 Å². The van der Waals surface area contributed by atoms with Crippen molar-refractivity contribution in [3.8, 4) is 5.88 Å². The highest BCUT2D eigenvalue weighted by molar-refractivity contribution is 5.39. The predicted octanol–water partition coefficient (Wildman–Crippen LogP) is 3.74. The molecule has 2 heterocycles. The average molecular weight is 287 g/mol. The number of hydrogen-bond acceptors (Lipinski definition) is 5. The molecular formula is C16H21N3O2. The van der Waals surface area contributed by atoms with E-state index in [1.54, 1.807) is 13.4 Å². The van der Waals surface area contributed by atoms with Gasteiger partial charge in [-0.05, 0) is 25.0 Å². The van der Waals surface area contributed by atoms with Gasteiger partial charge < -0.3 is 14.5 Å². The van der Waals surface area contributed by atoms with Gasteiger partial charge in [-0.3, -0.25) is 0 Å². The second-order valence-corrected chi connectivity index (χ2v) is 5.42. The molecular weight excluding hydrogens is 266 g/mol. The van der Waals surface area contributed by atoms with Crippen LogP contribution in [0.5, 0.6) is 5.88 Å². The summed E-state index contributed by atoms with van der Waals surface area (Å²) in [5, 5.41) is 3.28. The largest absolute Gasteiger partial charge is 0.481 e. The number of methoxy groups -OCH3 is 1. The molecule has 1 saturated carbocycles. The Kier molecular flexibility index (Phi) is 4.38. The number of nitrogens with one attached hydrogen (secondary N) is 1. The van der Waals surface area contributed by atoms with E-state index in [2.05, 4.69) is 15.3 Å². The van der Waals surface area contributed by atoms with Crippen LogP contribution in [0.4, 0.5) is 5.82 Å². The molecule has 0 unspecified atom stereocenters. The van der Waals surface area contributed by atoms with E-state index in [0.29, 0.717) is 18.3 Å². The molecule has 1 aliphatic carbocycles. The minimum Gasteiger partial charge on any atom is -0.481 e. The molecule has 3 rings (SSSR count). The van der Waals surface area contributed by atoms with Gasteiger partial charge in [-0.15, -0.1) is 0 Å². The van der Waals surface area contributed by atoms with Crippen LogP contribution in [0.1, 0.15) is 49.6 Å². The van der Waals surface area contributed by atoms with Gasteiger partial charge in [0.15, 0.2) is 0 Å². The van der Waals surface area contributed by atoms with Crippen LogP contribution in [0.3, 0.4) is 0 Å². The Labute approximate surface area is 124 Å². The Morgan fingerprint density at radius 1 is 1.29 bits per heavy atom. The second kappa shape index (κ2) is 6.61. The van der Waals surface area contributed by atoms with E-state index < -0.39 is 0 Å². The van der Waals surface area contributed by atoms with Gasteiger partial charge in [0.05, 0.1) is 19.9 Å². The van der Waals surface area contributed by atoms with Crippen LogP contribution >= 0.6 is 0 Å². The fourth-order valence-electron chi connectivity index (χ4n) is 2.77. The summed E-state index contributed by atoms with van der Waals surface area (Å²) in [6, 6.07) is 5.65. The van der Waals surface area contributed by atoms with Gasteiger partial charge >= 0.3 is 0 Å². The van der Waals surface area contributed by atoms with Crippen molar-refractivity contribution >= 4 is 5.82 Å². The lowest BCUT2D eigenvalue weighted by molar-refractivity contribution is 0.383. The van der Waals surface area contributed by atoms with E-state index in [4.69, 9.17) is 9.15 Å². The Bertz CT molecular complexity index is 563. The first-order chi connectivity index (χ1) is 10.3. The first-order valence-electron chi connectivity index (χ1n) is 7.54. The molecule has 2 aromatic rings. The van der Waals surface area contributed by atoms with Crippen LogP contribution in [0.15, 0.2) is 28.9 Å². The third-order valence-corrected chi connectivity index (χ3v) is 3.92. The minimum atomic E-state index is 0.456. The SMILES string of the molecule is COc1cc(NCc2ccco2)nc(C2CCCCC2)n1. The zero-order valence-electron chi connectivity index (χ0n) is 12.3. The first kappa shape index (κ1) is 13.9. The number of ether oxygens (including phenoxy) is 1. The highest BCUT2D eigenvalue weighted by atomic mass is 16.5. The first-order valence-corrected chi connectivity index (χ1v) is 7.54. The maximum Gasteiger partial charge on any atom is 0.218 e. The van der Waals surface area contributed by atoms with E-state index >= 15 is 0 Å². The molecule has 0 spiro atoms. The number of aromatic nitrogens is 2. The summed E-state index contributed by atoms with van der Waals surface area (Å²) in [5.41, 5.74) is 0. The lowest BCUT2D eigenvalue weighted by Crippen LogP contribution is -2.11. The van der Waals surface area contributed by atoms with Crippen molar-refractivity contribution in [3.63, 3.8) is 0 Å². The highest BCUT2D eigenvalue weighted by Gasteiger charge is 2.19. The topological polar surface area (TPSA) is 60.2 Å². The molecule has 0 atom stereocenters. The summed E-state index contributed by atoms with van der Waals surface area (Å²) in [5.74, 6) is 3.65. The molecule has 0 bridgehead atoms. The van der Waals surface area contributed by atoms with Crippen molar-refractivity contribution < 1.29 is 9.15 Å². The lowest BCUT2D eigenvalue weighted by atomic mass is 9.89. The van der Waals surface area contributed by atoms with Crippen LogP contribution < -0.4 is 10.1 Å². The van der Waals surface area contributed by atoms with Gasteiger partial charge in [-0.25, -0.2) is 4.98 Å². The Balaban J connectivity index is 1.75.